The summed E-state index contributed by atoms with van der Waals surface area (Å²) in [4.78, 5) is 37.5. The molecular formula is C23H26N2O4. The SMILES string of the molecule is O=C(CCc1ccccc1)NCc1ccc(C(=O)N2CCCC(C(=O)O)C2)cc1. The van der Waals surface area contributed by atoms with Gasteiger partial charge in [-0.05, 0) is 42.5 Å². The van der Waals surface area contributed by atoms with Gasteiger partial charge in [0.1, 0.15) is 0 Å². The molecule has 1 atom stereocenters. The molecule has 0 radical (unpaired) electrons. The third-order valence-corrected chi connectivity index (χ3v) is 5.23. The fourth-order valence-electron chi connectivity index (χ4n) is 3.50. The first kappa shape index (κ1) is 20.6. The third-order valence-electron chi connectivity index (χ3n) is 5.23. The second-order valence-electron chi connectivity index (χ2n) is 7.39. The van der Waals surface area contributed by atoms with E-state index >= 15 is 0 Å². The van der Waals surface area contributed by atoms with Crippen LogP contribution in [0.25, 0.3) is 0 Å². The molecule has 0 aliphatic carbocycles. The first-order valence-electron chi connectivity index (χ1n) is 9.94. The van der Waals surface area contributed by atoms with Crippen molar-refractivity contribution in [3.05, 3.63) is 71.3 Å². The van der Waals surface area contributed by atoms with Crippen molar-refractivity contribution in [2.24, 2.45) is 5.92 Å². The van der Waals surface area contributed by atoms with Crippen LogP contribution in [0.3, 0.4) is 0 Å². The number of hydrogen-bond donors (Lipinski definition) is 2. The number of amides is 2. The number of piperidine rings is 1. The topological polar surface area (TPSA) is 86.7 Å². The minimum Gasteiger partial charge on any atom is -0.481 e. The Morgan fingerprint density at radius 3 is 2.41 bits per heavy atom. The fraction of sp³-hybridized carbons (Fsp3) is 0.348. The first-order chi connectivity index (χ1) is 14.0. The average molecular weight is 394 g/mol. The highest BCUT2D eigenvalue weighted by molar-refractivity contribution is 5.94. The van der Waals surface area contributed by atoms with Crippen LogP contribution < -0.4 is 5.32 Å². The van der Waals surface area contributed by atoms with Crippen molar-refractivity contribution in [1.82, 2.24) is 10.2 Å². The summed E-state index contributed by atoms with van der Waals surface area (Å²) < 4.78 is 0. The molecule has 152 valence electrons. The minimum absolute atomic E-state index is 0.0120. The Morgan fingerprint density at radius 1 is 1.00 bits per heavy atom. The number of likely N-dealkylation sites (tertiary alicyclic amines) is 1. The Kier molecular flexibility index (Phi) is 7.00. The zero-order chi connectivity index (χ0) is 20.6. The lowest BCUT2D eigenvalue weighted by molar-refractivity contribution is -0.143. The van der Waals surface area contributed by atoms with Gasteiger partial charge in [-0.15, -0.1) is 0 Å². The molecule has 1 unspecified atom stereocenters. The molecule has 0 saturated carbocycles. The summed E-state index contributed by atoms with van der Waals surface area (Å²) in [6.45, 7) is 1.25. The molecular weight excluding hydrogens is 368 g/mol. The molecule has 0 bridgehead atoms. The van der Waals surface area contributed by atoms with Crippen molar-refractivity contribution in [2.45, 2.75) is 32.2 Å². The molecule has 3 rings (SSSR count). The lowest BCUT2D eigenvalue weighted by Crippen LogP contribution is -2.42. The highest BCUT2D eigenvalue weighted by atomic mass is 16.4. The number of aliphatic carboxylic acids is 1. The van der Waals surface area contributed by atoms with E-state index in [2.05, 4.69) is 5.32 Å². The van der Waals surface area contributed by atoms with Gasteiger partial charge >= 0.3 is 5.97 Å². The lowest BCUT2D eigenvalue weighted by atomic mass is 9.97. The molecule has 1 saturated heterocycles. The van der Waals surface area contributed by atoms with Gasteiger partial charge in [0.15, 0.2) is 0 Å². The molecule has 2 amide bonds. The van der Waals surface area contributed by atoms with E-state index in [0.29, 0.717) is 44.3 Å². The first-order valence-corrected chi connectivity index (χ1v) is 9.94. The quantitative estimate of drug-likeness (QED) is 0.756. The van der Waals surface area contributed by atoms with E-state index in [1.54, 1.807) is 17.0 Å². The summed E-state index contributed by atoms with van der Waals surface area (Å²) in [7, 11) is 0. The van der Waals surface area contributed by atoms with Crippen LogP contribution in [0, 0.1) is 5.92 Å². The smallest absolute Gasteiger partial charge is 0.308 e. The summed E-state index contributed by atoms with van der Waals surface area (Å²) in [6, 6.07) is 17.0. The van der Waals surface area contributed by atoms with Crippen LogP contribution in [0.15, 0.2) is 54.6 Å². The lowest BCUT2D eigenvalue weighted by Gasteiger charge is -2.30. The molecule has 0 spiro atoms. The summed E-state index contributed by atoms with van der Waals surface area (Å²) >= 11 is 0. The molecule has 6 nitrogen and oxygen atoms in total. The maximum Gasteiger partial charge on any atom is 0.308 e. The minimum atomic E-state index is -0.846. The molecule has 1 aliphatic rings. The van der Waals surface area contributed by atoms with Crippen LogP contribution in [-0.4, -0.2) is 40.9 Å². The molecule has 1 heterocycles. The van der Waals surface area contributed by atoms with Crippen molar-refractivity contribution in [3.8, 4) is 0 Å². The zero-order valence-electron chi connectivity index (χ0n) is 16.3. The summed E-state index contributed by atoms with van der Waals surface area (Å²) in [6.07, 6.45) is 2.45. The zero-order valence-corrected chi connectivity index (χ0v) is 16.3. The average Bonchev–Trinajstić information content (AvgIpc) is 2.77. The Morgan fingerprint density at radius 2 is 1.72 bits per heavy atom. The summed E-state index contributed by atoms with van der Waals surface area (Å²) in [5, 5.41) is 12.1. The van der Waals surface area contributed by atoms with Gasteiger partial charge in [-0.1, -0.05) is 42.5 Å². The molecule has 2 aromatic rings. The van der Waals surface area contributed by atoms with E-state index in [1.807, 2.05) is 42.5 Å². The van der Waals surface area contributed by atoms with Gasteiger partial charge in [0.05, 0.1) is 5.92 Å². The standard InChI is InChI=1S/C23H26N2O4/c26-21(13-10-17-5-2-1-3-6-17)24-15-18-8-11-19(12-9-18)22(27)25-14-4-7-20(16-25)23(28)29/h1-3,5-6,8-9,11-12,20H,4,7,10,13-16H2,(H,24,26)(H,28,29). The van der Waals surface area contributed by atoms with Gasteiger partial charge in [0, 0.05) is 31.6 Å². The Balaban J connectivity index is 1.47. The maximum atomic E-state index is 12.6. The molecule has 1 fully saturated rings. The van der Waals surface area contributed by atoms with E-state index in [4.69, 9.17) is 0 Å². The van der Waals surface area contributed by atoms with Crippen LogP contribution in [-0.2, 0) is 22.6 Å². The Labute approximate surface area is 170 Å². The van der Waals surface area contributed by atoms with E-state index in [9.17, 15) is 19.5 Å². The van der Waals surface area contributed by atoms with Gasteiger partial charge in [0.25, 0.3) is 5.91 Å². The summed E-state index contributed by atoms with van der Waals surface area (Å²) in [5.41, 5.74) is 2.58. The molecule has 2 N–H and O–H groups in total. The summed E-state index contributed by atoms with van der Waals surface area (Å²) in [5.74, 6) is -1.49. The van der Waals surface area contributed by atoms with E-state index < -0.39 is 11.9 Å². The van der Waals surface area contributed by atoms with Crippen molar-refractivity contribution in [2.75, 3.05) is 13.1 Å². The molecule has 6 heteroatoms. The molecule has 2 aromatic carbocycles. The number of carbonyl (C=O) groups excluding carboxylic acids is 2. The predicted molar refractivity (Wildman–Crippen MR) is 109 cm³/mol. The van der Waals surface area contributed by atoms with Crippen LogP contribution in [0.5, 0.6) is 0 Å². The van der Waals surface area contributed by atoms with E-state index in [1.165, 1.54) is 0 Å². The van der Waals surface area contributed by atoms with Gasteiger partial charge < -0.3 is 15.3 Å². The second kappa shape index (κ2) is 9.87. The van der Waals surface area contributed by atoms with Crippen molar-refractivity contribution >= 4 is 17.8 Å². The number of carboxylic acids is 1. The van der Waals surface area contributed by atoms with Gasteiger partial charge in [-0.3, -0.25) is 14.4 Å². The van der Waals surface area contributed by atoms with Crippen LogP contribution in [0.2, 0.25) is 0 Å². The molecule has 1 aliphatic heterocycles. The number of nitrogens with one attached hydrogen (secondary N) is 1. The van der Waals surface area contributed by atoms with E-state index in [-0.39, 0.29) is 18.4 Å². The Hall–Kier alpha value is -3.15. The van der Waals surface area contributed by atoms with Crippen molar-refractivity contribution in [3.63, 3.8) is 0 Å². The largest absolute Gasteiger partial charge is 0.481 e. The molecule has 29 heavy (non-hydrogen) atoms. The second-order valence-corrected chi connectivity index (χ2v) is 7.39. The van der Waals surface area contributed by atoms with Crippen LogP contribution in [0.1, 0.15) is 40.7 Å². The van der Waals surface area contributed by atoms with Crippen molar-refractivity contribution < 1.29 is 19.5 Å². The number of nitrogens with zero attached hydrogens (tertiary/aromatic N) is 1. The number of hydrogen-bond acceptors (Lipinski definition) is 3. The van der Waals surface area contributed by atoms with Gasteiger partial charge in [-0.2, -0.15) is 0 Å². The van der Waals surface area contributed by atoms with Crippen LogP contribution >= 0.6 is 0 Å². The van der Waals surface area contributed by atoms with Gasteiger partial charge in [-0.25, -0.2) is 0 Å². The normalized spacial score (nSPS) is 16.3. The number of rotatable bonds is 7. The van der Waals surface area contributed by atoms with Gasteiger partial charge in [0.2, 0.25) is 5.91 Å². The van der Waals surface area contributed by atoms with E-state index in [0.717, 1.165) is 11.1 Å². The Bertz CT molecular complexity index is 849. The number of carboxylic acid groups (broad SMARTS) is 1. The predicted octanol–water partition coefficient (Wildman–Crippen LogP) is 2.87. The third kappa shape index (κ3) is 5.91. The van der Waals surface area contributed by atoms with Crippen molar-refractivity contribution in [1.29, 1.82) is 0 Å². The monoisotopic (exact) mass is 394 g/mol. The maximum absolute atomic E-state index is 12.6. The van der Waals surface area contributed by atoms with Crippen LogP contribution in [0.4, 0.5) is 0 Å². The number of benzene rings is 2. The number of carbonyl (C=O) groups is 3. The number of aryl methyl sites for hydroxylation is 1. The highest BCUT2D eigenvalue weighted by Gasteiger charge is 2.28. The molecule has 0 aromatic heterocycles. The highest BCUT2D eigenvalue weighted by Crippen LogP contribution is 2.19. The fourth-order valence-corrected chi connectivity index (χ4v) is 3.50.